The van der Waals surface area contributed by atoms with Crippen molar-refractivity contribution in [3.05, 3.63) is 23.4 Å². The molecular formula is C15H26N2. The summed E-state index contributed by atoms with van der Waals surface area (Å²) in [6, 6.07) is 0. The molecule has 2 aliphatic heterocycles. The van der Waals surface area contributed by atoms with Gasteiger partial charge in [0.1, 0.15) is 0 Å². The standard InChI is InChI=1S/C13H20N2.C2H6/c1-10(2)13(3)7-5-11-6-8-15(4)12(11)9-14-13;1-2/h5,7,9-10H,6,8H2,1-4H3;1-2H3. The topological polar surface area (TPSA) is 15.6 Å². The van der Waals surface area contributed by atoms with Gasteiger partial charge in [0.05, 0.1) is 11.2 Å². The number of aliphatic imine (C=N–C) groups is 1. The molecule has 17 heavy (non-hydrogen) atoms. The smallest absolute Gasteiger partial charge is 0.0786 e. The minimum absolute atomic E-state index is 0.0365. The summed E-state index contributed by atoms with van der Waals surface area (Å²) >= 11 is 0. The minimum atomic E-state index is -0.0365. The minimum Gasteiger partial charge on any atom is -0.373 e. The number of allylic oxidation sites excluding steroid dienone is 2. The number of rotatable bonds is 1. The SMILES string of the molecule is CC.CC(C)C1(C)C=CC2=C(C=N1)N(C)CC2. The fraction of sp³-hybridized carbons (Fsp3) is 0.667. The van der Waals surface area contributed by atoms with Crippen LogP contribution in [0.5, 0.6) is 0 Å². The maximum absolute atomic E-state index is 4.74. The Hall–Kier alpha value is -1.05. The van der Waals surface area contributed by atoms with E-state index in [4.69, 9.17) is 4.99 Å². The lowest BCUT2D eigenvalue weighted by Crippen LogP contribution is -2.26. The predicted molar refractivity (Wildman–Crippen MR) is 76.5 cm³/mol. The largest absolute Gasteiger partial charge is 0.373 e. The van der Waals surface area contributed by atoms with Gasteiger partial charge in [0, 0.05) is 19.8 Å². The highest BCUT2D eigenvalue weighted by Gasteiger charge is 2.27. The van der Waals surface area contributed by atoms with E-state index in [1.165, 1.54) is 11.3 Å². The molecule has 0 saturated heterocycles. The first-order valence-corrected chi connectivity index (χ1v) is 6.72. The molecule has 0 radical (unpaired) electrons. The fourth-order valence-corrected chi connectivity index (χ4v) is 1.99. The van der Waals surface area contributed by atoms with E-state index in [2.05, 4.69) is 51.1 Å². The van der Waals surface area contributed by atoms with Crippen LogP contribution in [0.4, 0.5) is 0 Å². The van der Waals surface area contributed by atoms with Gasteiger partial charge >= 0.3 is 0 Å². The summed E-state index contributed by atoms with van der Waals surface area (Å²) in [5.74, 6) is 0.537. The van der Waals surface area contributed by atoms with Crippen molar-refractivity contribution in [2.24, 2.45) is 10.9 Å². The van der Waals surface area contributed by atoms with Crippen molar-refractivity contribution in [3.8, 4) is 0 Å². The van der Waals surface area contributed by atoms with Crippen molar-refractivity contribution < 1.29 is 0 Å². The van der Waals surface area contributed by atoms with E-state index in [1.807, 2.05) is 13.8 Å². The molecule has 1 unspecified atom stereocenters. The highest BCUT2D eigenvalue weighted by Crippen LogP contribution is 2.30. The molecule has 2 heteroatoms. The molecule has 1 atom stereocenters. The van der Waals surface area contributed by atoms with Crippen LogP contribution >= 0.6 is 0 Å². The summed E-state index contributed by atoms with van der Waals surface area (Å²) in [5.41, 5.74) is 2.70. The summed E-state index contributed by atoms with van der Waals surface area (Å²) in [5, 5.41) is 0. The molecule has 0 aromatic heterocycles. The van der Waals surface area contributed by atoms with Crippen molar-refractivity contribution in [1.82, 2.24) is 4.90 Å². The Kier molecular flexibility index (Phi) is 4.55. The van der Waals surface area contributed by atoms with Crippen LogP contribution in [-0.2, 0) is 0 Å². The third kappa shape index (κ3) is 2.80. The Bertz CT molecular complexity index is 350. The molecule has 0 fully saturated rings. The van der Waals surface area contributed by atoms with Gasteiger partial charge in [-0.05, 0) is 24.8 Å². The van der Waals surface area contributed by atoms with E-state index in [-0.39, 0.29) is 5.54 Å². The van der Waals surface area contributed by atoms with E-state index in [1.54, 1.807) is 0 Å². The van der Waals surface area contributed by atoms with Crippen LogP contribution in [0.1, 0.15) is 41.0 Å². The molecule has 2 nitrogen and oxygen atoms in total. The number of hydrogen-bond acceptors (Lipinski definition) is 2. The molecule has 2 aliphatic rings. The van der Waals surface area contributed by atoms with Crippen molar-refractivity contribution in [2.75, 3.05) is 13.6 Å². The van der Waals surface area contributed by atoms with E-state index < -0.39 is 0 Å². The van der Waals surface area contributed by atoms with Crippen LogP contribution in [0, 0.1) is 5.92 Å². The predicted octanol–water partition coefficient (Wildman–Crippen LogP) is 3.66. The van der Waals surface area contributed by atoms with Crippen LogP contribution in [0.2, 0.25) is 0 Å². The second-order valence-corrected chi connectivity index (χ2v) is 5.05. The van der Waals surface area contributed by atoms with Gasteiger partial charge in [0.15, 0.2) is 0 Å². The molecule has 96 valence electrons. The van der Waals surface area contributed by atoms with Gasteiger partial charge in [-0.3, -0.25) is 4.99 Å². The Morgan fingerprint density at radius 2 is 2.00 bits per heavy atom. The van der Waals surface area contributed by atoms with Gasteiger partial charge < -0.3 is 4.90 Å². The lowest BCUT2D eigenvalue weighted by Gasteiger charge is -2.25. The molecule has 2 rings (SSSR count). The summed E-state index contributed by atoms with van der Waals surface area (Å²) in [6.07, 6.45) is 7.74. The first-order chi connectivity index (χ1) is 8.03. The van der Waals surface area contributed by atoms with E-state index in [0.29, 0.717) is 5.92 Å². The molecule has 0 aliphatic carbocycles. The highest BCUT2D eigenvalue weighted by molar-refractivity contribution is 5.81. The second kappa shape index (κ2) is 5.52. The van der Waals surface area contributed by atoms with Gasteiger partial charge in [-0.1, -0.05) is 39.8 Å². The summed E-state index contributed by atoms with van der Waals surface area (Å²) in [7, 11) is 2.14. The molecule has 0 bridgehead atoms. The zero-order valence-corrected chi connectivity index (χ0v) is 12.1. The second-order valence-electron chi connectivity index (χ2n) is 5.05. The average Bonchev–Trinajstić information content (AvgIpc) is 2.57. The normalized spacial score (nSPS) is 26.9. The van der Waals surface area contributed by atoms with Crippen molar-refractivity contribution in [1.29, 1.82) is 0 Å². The number of nitrogens with zero attached hydrogens (tertiary/aromatic N) is 2. The lowest BCUT2D eigenvalue weighted by atomic mass is 9.88. The van der Waals surface area contributed by atoms with E-state index >= 15 is 0 Å². The molecule has 0 aromatic carbocycles. The van der Waals surface area contributed by atoms with E-state index in [0.717, 1.165) is 13.0 Å². The maximum atomic E-state index is 4.74. The van der Waals surface area contributed by atoms with Crippen LogP contribution in [-0.4, -0.2) is 30.2 Å². The number of hydrogen-bond donors (Lipinski definition) is 0. The summed E-state index contributed by atoms with van der Waals surface area (Å²) < 4.78 is 0. The monoisotopic (exact) mass is 234 g/mol. The van der Waals surface area contributed by atoms with Crippen molar-refractivity contribution in [2.45, 2.75) is 46.6 Å². The Labute approximate surface area is 106 Å². The first kappa shape index (κ1) is 14.0. The lowest BCUT2D eigenvalue weighted by molar-refractivity contribution is 0.422. The highest BCUT2D eigenvalue weighted by atomic mass is 15.1. The Morgan fingerprint density at radius 1 is 1.35 bits per heavy atom. The maximum Gasteiger partial charge on any atom is 0.0786 e. The zero-order chi connectivity index (χ0) is 13.1. The first-order valence-electron chi connectivity index (χ1n) is 6.72. The third-order valence-corrected chi connectivity index (χ3v) is 3.71. The molecule has 0 saturated carbocycles. The zero-order valence-electron chi connectivity index (χ0n) is 12.1. The van der Waals surface area contributed by atoms with Crippen LogP contribution < -0.4 is 0 Å². The average molecular weight is 234 g/mol. The van der Waals surface area contributed by atoms with Crippen LogP contribution in [0.15, 0.2) is 28.4 Å². The van der Waals surface area contributed by atoms with Crippen LogP contribution in [0.25, 0.3) is 0 Å². The van der Waals surface area contributed by atoms with Gasteiger partial charge in [0.2, 0.25) is 0 Å². The molecule has 0 N–H and O–H groups in total. The van der Waals surface area contributed by atoms with Gasteiger partial charge in [0.25, 0.3) is 0 Å². The fourth-order valence-electron chi connectivity index (χ4n) is 1.99. The summed E-state index contributed by atoms with van der Waals surface area (Å²) in [6.45, 7) is 11.8. The van der Waals surface area contributed by atoms with Gasteiger partial charge in [-0.2, -0.15) is 0 Å². The molecular weight excluding hydrogens is 208 g/mol. The van der Waals surface area contributed by atoms with Gasteiger partial charge in [-0.15, -0.1) is 0 Å². The van der Waals surface area contributed by atoms with Crippen molar-refractivity contribution >= 4 is 6.21 Å². The quantitative estimate of drug-likeness (QED) is 0.676. The molecule has 0 aromatic rings. The van der Waals surface area contributed by atoms with Crippen molar-refractivity contribution in [3.63, 3.8) is 0 Å². The Morgan fingerprint density at radius 3 is 2.59 bits per heavy atom. The molecule has 2 heterocycles. The third-order valence-electron chi connectivity index (χ3n) is 3.71. The molecule has 0 amide bonds. The van der Waals surface area contributed by atoms with Crippen LogP contribution in [0.3, 0.4) is 0 Å². The molecule has 0 spiro atoms. The van der Waals surface area contributed by atoms with Gasteiger partial charge in [-0.25, -0.2) is 0 Å². The van der Waals surface area contributed by atoms with E-state index in [9.17, 15) is 0 Å². The Balaban J connectivity index is 0.000000686. The summed E-state index contributed by atoms with van der Waals surface area (Å²) in [4.78, 5) is 7.02.